The molecule has 0 saturated carbocycles. The van der Waals surface area contributed by atoms with Crippen LogP contribution in [0.4, 0.5) is 15.8 Å². The summed E-state index contributed by atoms with van der Waals surface area (Å²) in [7, 11) is 0. The lowest BCUT2D eigenvalue weighted by molar-refractivity contribution is -0.114. The Hall–Kier alpha value is -2.60. The Balaban J connectivity index is 2.00. The highest BCUT2D eigenvalue weighted by Gasteiger charge is 2.12. The van der Waals surface area contributed by atoms with E-state index >= 15 is 0 Å². The van der Waals surface area contributed by atoms with Crippen LogP contribution in [0.25, 0.3) is 0 Å². The fourth-order valence-electron chi connectivity index (χ4n) is 2.13. The number of carbonyl (C=O) groups is 2. The van der Waals surface area contributed by atoms with Crippen molar-refractivity contribution in [1.82, 2.24) is 5.32 Å². The van der Waals surface area contributed by atoms with Gasteiger partial charge in [0.25, 0.3) is 5.91 Å². The molecule has 5 nitrogen and oxygen atoms in total. The van der Waals surface area contributed by atoms with E-state index in [-0.39, 0.29) is 29.4 Å². The third-order valence-corrected chi connectivity index (χ3v) is 3.52. The lowest BCUT2D eigenvalue weighted by Gasteiger charge is -2.14. The molecular formula is C18H19ClFN3O2. The summed E-state index contributed by atoms with van der Waals surface area (Å²) in [5.41, 5.74) is 1.39. The minimum atomic E-state index is -0.553. The van der Waals surface area contributed by atoms with Gasteiger partial charge >= 0.3 is 0 Å². The molecule has 0 heterocycles. The van der Waals surface area contributed by atoms with Crippen molar-refractivity contribution in [1.29, 1.82) is 0 Å². The van der Waals surface area contributed by atoms with Crippen molar-refractivity contribution in [2.24, 2.45) is 0 Å². The fourth-order valence-corrected chi connectivity index (χ4v) is 2.31. The monoisotopic (exact) mass is 363 g/mol. The number of carbonyl (C=O) groups excluding carboxylic acids is 2. The summed E-state index contributed by atoms with van der Waals surface area (Å²) in [5.74, 6) is -1.12. The number of halogens is 2. The summed E-state index contributed by atoms with van der Waals surface area (Å²) in [6.07, 6.45) is 0. The van der Waals surface area contributed by atoms with E-state index in [4.69, 9.17) is 11.6 Å². The second-order valence-electron chi connectivity index (χ2n) is 5.70. The van der Waals surface area contributed by atoms with E-state index in [0.717, 1.165) is 0 Å². The summed E-state index contributed by atoms with van der Waals surface area (Å²) in [6.45, 7) is 3.69. The van der Waals surface area contributed by atoms with Crippen LogP contribution < -0.4 is 16.0 Å². The van der Waals surface area contributed by atoms with E-state index in [1.807, 2.05) is 13.8 Å². The van der Waals surface area contributed by atoms with E-state index in [1.54, 1.807) is 24.3 Å². The Bertz CT molecular complexity index is 781. The third kappa shape index (κ3) is 5.46. The van der Waals surface area contributed by atoms with Gasteiger partial charge in [0.2, 0.25) is 5.91 Å². The van der Waals surface area contributed by atoms with Gasteiger partial charge in [-0.25, -0.2) is 4.39 Å². The molecule has 0 saturated heterocycles. The van der Waals surface area contributed by atoms with Crippen molar-refractivity contribution < 1.29 is 14.0 Å². The average molecular weight is 364 g/mol. The first-order valence-corrected chi connectivity index (χ1v) is 8.13. The minimum absolute atomic E-state index is 0.00655. The Labute approximate surface area is 150 Å². The van der Waals surface area contributed by atoms with E-state index in [1.165, 1.54) is 18.2 Å². The van der Waals surface area contributed by atoms with Crippen molar-refractivity contribution in [2.75, 3.05) is 17.2 Å². The zero-order chi connectivity index (χ0) is 18.4. The van der Waals surface area contributed by atoms with Crippen molar-refractivity contribution in [3.05, 3.63) is 58.9 Å². The number of anilines is 2. The van der Waals surface area contributed by atoms with Crippen molar-refractivity contribution in [2.45, 2.75) is 19.9 Å². The largest absolute Gasteiger partial charge is 0.376 e. The molecule has 0 radical (unpaired) electrons. The summed E-state index contributed by atoms with van der Waals surface area (Å²) >= 11 is 5.68. The van der Waals surface area contributed by atoms with Gasteiger partial charge in [-0.2, -0.15) is 0 Å². The van der Waals surface area contributed by atoms with Crippen LogP contribution in [-0.4, -0.2) is 24.4 Å². The zero-order valence-electron chi connectivity index (χ0n) is 13.9. The molecule has 0 spiro atoms. The summed E-state index contributed by atoms with van der Waals surface area (Å²) in [6, 6.07) is 10.9. The topological polar surface area (TPSA) is 70.2 Å². The molecule has 0 fully saturated rings. The van der Waals surface area contributed by atoms with E-state index < -0.39 is 5.82 Å². The van der Waals surface area contributed by atoms with Gasteiger partial charge in [-0.1, -0.05) is 23.7 Å². The van der Waals surface area contributed by atoms with Crippen LogP contribution >= 0.6 is 11.6 Å². The maximum absolute atomic E-state index is 13.1. The van der Waals surface area contributed by atoms with E-state index in [2.05, 4.69) is 16.0 Å². The molecule has 132 valence electrons. The number of amides is 2. The summed E-state index contributed by atoms with van der Waals surface area (Å²) in [5, 5.41) is 8.28. The first-order valence-electron chi connectivity index (χ1n) is 7.75. The molecule has 0 bridgehead atoms. The molecule has 0 aliphatic heterocycles. The zero-order valence-corrected chi connectivity index (χ0v) is 14.7. The SMILES string of the molecule is CC(C)NC(=O)c1ccccc1NCC(=O)Nc1ccc(F)c(Cl)c1. The number of hydrogen-bond donors (Lipinski definition) is 3. The molecule has 0 atom stereocenters. The molecule has 3 N–H and O–H groups in total. The molecule has 2 aromatic carbocycles. The highest BCUT2D eigenvalue weighted by atomic mass is 35.5. The smallest absolute Gasteiger partial charge is 0.253 e. The van der Waals surface area contributed by atoms with Gasteiger partial charge in [0.15, 0.2) is 0 Å². The molecule has 25 heavy (non-hydrogen) atoms. The maximum atomic E-state index is 13.1. The van der Waals surface area contributed by atoms with Crippen molar-refractivity contribution in [3.8, 4) is 0 Å². The number of hydrogen-bond acceptors (Lipinski definition) is 3. The van der Waals surface area contributed by atoms with Gasteiger partial charge in [0, 0.05) is 17.4 Å². The van der Waals surface area contributed by atoms with Crippen LogP contribution in [0.3, 0.4) is 0 Å². The van der Waals surface area contributed by atoms with Gasteiger partial charge < -0.3 is 16.0 Å². The van der Waals surface area contributed by atoms with Gasteiger partial charge in [0.1, 0.15) is 5.82 Å². The van der Waals surface area contributed by atoms with Crippen molar-refractivity contribution >= 4 is 34.8 Å². The molecule has 0 aliphatic carbocycles. The average Bonchev–Trinajstić information content (AvgIpc) is 2.56. The number of nitrogens with one attached hydrogen (secondary N) is 3. The molecule has 0 aromatic heterocycles. The number of benzene rings is 2. The normalized spacial score (nSPS) is 10.4. The van der Waals surface area contributed by atoms with Gasteiger partial charge in [-0.05, 0) is 44.2 Å². The van der Waals surface area contributed by atoms with Crippen LogP contribution in [0.1, 0.15) is 24.2 Å². The summed E-state index contributed by atoms with van der Waals surface area (Å²) in [4.78, 5) is 24.2. The molecule has 2 amide bonds. The third-order valence-electron chi connectivity index (χ3n) is 3.23. The van der Waals surface area contributed by atoms with Gasteiger partial charge in [-0.3, -0.25) is 9.59 Å². The van der Waals surface area contributed by atoms with Crippen LogP contribution in [0.5, 0.6) is 0 Å². The highest BCUT2D eigenvalue weighted by molar-refractivity contribution is 6.31. The van der Waals surface area contributed by atoms with Crippen LogP contribution in [0, 0.1) is 5.82 Å². The van der Waals surface area contributed by atoms with Crippen LogP contribution in [0.2, 0.25) is 5.02 Å². The molecule has 2 aromatic rings. The molecular weight excluding hydrogens is 345 g/mol. The predicted octanol–water partition coefficient (Wildman–Crippen LogP) is 3.67. The standard InChI is InChI=1S/C18H19ClFN3O2/c1-11(2)22-18(25)13-5-3-4-6-16(13)21-10-17(24)23-12-7-8-15(20)14(19)9-12/h3-9,11,21H,10H2,1-2H3,(H,22,25)(H,23,24). The number of rotatable bonds is 6. The molecule has 0 aliphatic rings. The lowest BCUT2D eigenvalue weighted by atomic mass is 10.1. The predicted molar refractivity (Wildman–Crippen MR) is 97.6 cm³/mol. The van der Waals surface area contributed by atoms with Gasteiger partial charge in [0.05, 0.1) is 17.1 Å². The summed E-state index contributed by atoms with van der Waals surface area (Å²) < 4.78 is 13.1. The fraction of sp³-hybridized carbons (Fsp3) is 0.222. The molecule has 0 unspecified atom stereocenters. The Kier molecular flexibility index (Phi) is 6.36. The van der Waals surface area contributed by atoms with Gasteiger partial charge in [-0.15, -0.1) is 0 Å². The first kappa shape index (κ1) is 18.7. The number of para-hydroxylation sites is 1. The van der Waals surface area contributed by atoms with Crippen LogP contribution in [-0.2, 0) is 4.79 Å². The van der Waals surface area contributed by atoms with Crippen LogP contribution in [0.15, 0.2) is 42.5 Å². The lowest BCUT2D eigenvalue weighted by Crippen LogP contribution is -2.31. The quantitative estimate of drug-likeness (QED) is 0.733. The Morgan fingerprint density at radius 1 is 1.16 bits per heavy atom. The van der Waals surface area contributed by atoms with Crippen molar-refractivity contribution in [3.63, 3.8) is 0 Å². The second kappa shape index (κ2) is 8.48. The maximum Gasteiger partial charge on any atom is 0.253 e. The second-order valence-corrected chi connectivity index (χ2v) is 6.11. The van der Waals surface area contributed by atoms with E-state index in [9.17, 15) is 14.0 Å². The minimum Gasteiger partial charge on any atom is -0.376 e. The molecule has 7 heteroatoms. The Morgan fingerprint density at radius 2 is 1.88 bits per heavy atom. The first-order chi connectivity index (χ1) is 11.9. The molecule has 2 rings (SSSR count). The highest BCUT2D eigenvalue weighted by Crippen LogP contribution is 2.19. The Morgan fingerprint density at radius 3 is 2.56 bits per heavy atom. The van der Waals surface area contributed by atoms with E-state index in [0.29, 0.717) is 16.9 Å².